The second-order valence-electron chi connectivity index (χ2n) is 9.34. The first-order valence-electron chi connectivity index (χ1n) is 12.6. The summed E-state index contributed by atoms with van der Waals surface area (Å²) in [4.78, 5) is 34.0. The Morgan fingerprint density at radius 3 is 2.67 bits per heavy atom. The van der Waals surface area contributed by atoms with Gasteiger partial charge in [0.2, 0.25) is 0 Å². The van der Waals surface area contributed by atoms with Gasteiger partial charge in [0.15, 0.2) is 0 Å². The van der Waals surface area contributed by atoms with Gasteiger partial charge in [-0.15, -0.1) is 0 Å². The fourth-order valence-electron chi connectivity index (χ4n) is 4.60. The number of halogens is 1. The van der Waals surface area contributed by atoms with E-state index in [1.165, 1.54) is 11.3 Å². The van der Waals surface area contributed by atoms with Crippen LogP contribution in [0.25, 0.3) is 0 Å². The predicted octanol–water partition coefficient (Wildman–Crippen LogP) is 3.53. The number of rotatable bonds is 10. The van der Waals surface area contributed by atoms with E-state index in [-0.39, 0.29) is 28.1 Å². The van der Waals surface area contributed by atoms with Gasteiger partial charge >= 0.3 is 228 Å². The predicted molar refractivity (Wildman–Crippen MR) is 150 cm³/mol. The van der Waals surface area contributed by atoms with Crippen LogP contribution in [-0.2, 0) is 23.0 Å². The monoisotopic (exact) mass is 604 g/mol. The normalized spacial score (nSPS) is 15.5. The van der Waals surface area contributed by atoms with Gasteiger partial charge < -0.3 is 0 Å². The average molecular weight is 605 g/mol. The summed E-state index contributed by atoms with van der Waals surface area (Å²) in [5.74, 6) is -0.381. The Morgan fingerprint density at radius 2 is 1.90 bits per heavy atom. The van der Waals surface area contributed by atoms with Crippen molar-refractivity contribution in [1.29, 1.82) is 0 Å². The fraction of sp³-hybridized carbons (Fsp3) is 0.241. The third-order valence-corrected chi connectivity index (χ3v) is 10.0. The SMILES string of the molecule is NC(=O)[C@H](Cc1ccc(Cl)cc1)NC(=O)c1cccc2c1OCCC2[As]Cc1cncn1Cc1ccncc1. The summed E-state index contributed by atoms with van der Waals surface area (Å²) in [7, 11) is 0. The number of carbonyl (C=O) groups excluding carboxylic acids is 2. The van der Waals surface area contributed by atoms with E-state index in [9.17, 15) is 9.59 Å². The zero-order chi connectivity index (χ0) is 27.2. The van der Waals surface area contributed by atoms with Crippen molar-refractivity contribution >= 4 is 39.2 Å². The van der Waals surface area contributed by atoms with Crippen LogP contribution in [0.5, 0.6) is 5.75 Å². The molecule has 3 heterocycles. The first kappa shape index (κ1) is 27.0. The summed E-state index contributed by atoms with van der Waals surface area (Å²) in [5, 5.41) is 4.35. The number of para-hydroxylation sites is 1. The number of amides is 2. The van der Waals surface area contributed by atoms with Gasteiger partial charge in [0, 0.05) is 0 Å². The van der Waals surface area contributed by atoms with Gasteiger partial charge in [-0.1, -0.05) is 11.6 Å². The first-order chi connectivity index (χ1) is 19.0. The number of pyridine rings is 1. The Kier molecular flexibility index (Phi) is 8.64. The van der Waals surface area contributed by atoms with E-state index >= 15 is 0 Å². The van der Waals surface area contributed by atoms with Crippen molar-refractivity contribution in [3.8, 4) is 5.75 Å². The van der Waals surface area contributed by atoms with Crippen molar-refractivity contribution in [2.24, 2.45) is 5.73 Å². The number of imidazole rings is 1. The van der Waals surface area contributed by atoms with Crippen molar-refractivity contribution in [2.45, 2.75) is 35.3 Å². The van der Waals surface area contributed by atoms with E-state index in [0.717, 1.165) is 29.3 Å². The van der Waals surface area contributed by atoms with Crippen LogP contribution in [0.15, 0.2) is 79.5 Å². The van der Waals surface area contributed by atoms with Crippen LogP contribution < -0.4 is 15.8 Å². The van der Waals surface area contributed by atoms with E-state index in [0.29, 0.717) is 27.6 Å². The molecule has 199 valence electrons. The van der Waals surface area contributed by atoms with E-state index in [2.05, 4.69) is 19.9 Å². The Labute approximate surface area is 238 Å². The molecule has 0 saturated heterocycles. The number of aromatic nitrogens is 3. The molecule has 2 aromatic heterocycles. The zero-order valence-electron chi connectivity index (χ0n) is 21.2. The number of nitrogens with two attached hydrogens (primary N) is 1. The van der Waals surface area contributed by atoms with Crippen molar-refractivity contribution < 1.29 is 14.3 Å². The number of primary amides is 1. The molecule has 5 rings (SSSR count). The van der Waals surface area contributed by atoms with Crippen molar-refractivity contribution in [2.75, 3.05) is 6.61 Å². The number of nitrogens with one attached hydrogen (secondary N) is 1. The van der Waals surface area contributed by atoms with Crippen LogP contribution in [0.1, 0.15) is 43.9 Å². The summed E-state index contributed by atoms with van der Waals surface area (Å²) in [6.45, 7) is 1.29. The first-order valence-corrected chi connectivity index (χ1v) is 15.4. The number of hydrogen-bond donors (Lipinski definition) is 2. The molecule has 39 heavy (non-hydrogen) atoms. The molecule has 1 aliphatic rings. The molecule has 1 radical (unpaired) electrons. The van der Waals surface area contributed by atoms with Crippen LogP contribution in [0.2, 0.25) is 5.02 Å². The molecule has 0 saturated carbocycles. The van der Waals surface area contributed by atoms with Gasteiger partial charge in [0.1, 0.15) is 0 Å². The van der Waals surface area contributed by atoms with Crippen molar-refractivity contribution in [1.82, 2.24) is 19.9 Å². The van der Waals surface area contributed by atoms with Gasteiger partial charge in [-0.2, -0.15) is 0 Å². The van der Waals surface area contributed by atoms with Crippen LogP contribution in [0, 0.1) is 0 Å². The summed E-state index contributed by atoms with van der Waals surface area (Å²) in [5.41, 5.74) is 10.3. The second-order valence-corrected chi connectivity index (χ2v) is 12.5. The number of fused-ring (bicyclic) bond motifs is 1. The van der Waals surface area contributed by atoms with Gasteiger partial charge in [-0.3, -0.25) is 0 Å². The standard InChI is InChI=1S/C29H28AsClN5O3/c31-21-6-4-19(5-7-21)14-26(28(32)37)35-29(38)24-3-1-2-23-25(10-13-39-27(23)24)30-15-22-16-34-18-36(22)17-20-8-11-33-12-9-20/h1-9,11-12,16,18,25-26H,10,13-15,17H2,(H2,32,37)(H,35,38)/t25?,26-/m0/s1. The summed E-state index contributed by atoms with van der Waals surface area (Å²) >= 11 is 5.84. The molecule has 1 aliphatic heterocycles. The number of benzene rings is 2. The third-order valence-electron chi connectivity index (χ3n) is 6.66. The molecule has 0 bridgehead atoms. The number of ether oxygens (including phenoxy) is 1. The van der Waals surface area contributed by atoms with E-state index in [1.807, 2.05) is 48.9 Å². The van der Waals surface area contributed by atoms with Crippen LogP contribution in [-0.4, -0.2) is 54.8 Å². The van der Waals surface area contributed by atoms with E-state index in [1.54, 1.807) is 30.6 Å². The fourth-order valence-corrected chi connectivity index (χ4v) is 7.58. The van der Waals surface area contributed by atoms with Crippen LogP contribution in [0.3, 0.4) is 0 Å². The van der Waals surface area contributed by atoms with Crippen LogP contribution in [0.4, 0.5) is 0 Å². The molecule has 10 heteroatoms. The zero-order valence-corrected chi connectivity index (χ0v) is 23.8. The molecule has 3 N–H and O–H groups in total. The molecule has 2 aromatic carbocycles. The Bertz CT molecular complexity index is 1450. The number of nitrogens with zero attached hydrogens (tertiary/aromatic N) is 3. The summed E-state index contributed by atoms with van der Waals surface area (Å²) in [6.07, 6.45) is 8.58. The molecular formula is C29H28AsClN5O3. The van der Waals surface area contributed by atoms with Crippen LogP contribution >= 0.6 is 11.6 Å². The minimum absolute atomic E-state index is 0.122. The van der Waals surface area contributed by atoms with Gasteiger partial charge in [0.25, 0.3) is 0 Å². The molecule has 2 amide bonds. The minimum atomic E-state index is -0.860. The number of carbonyl (C=O) groups is 2. The Morgan fingerprint density at radius 1 is 1.10 bits per heavy atom. The maximum absolute atomic E-state index is 13.3. The Hall–Kier alpha value is -3.61. The van der Waals surface area contributed by atoms with E-state index < -0.39 is 11.9 Å². The van der Waals surface area contributed by atoms with Gasteiger partial charge in [-0.05, 0) is 0 Å². The molecule has 4 aromatic rings. The van der Waals surface area contributed by atoms with Gasteiger partial charge in [-0.25, -0.2) is 0 Å². The Balaban J connectivity index is 1.28. The second kappa shape index (κ2) is 12.5. The molecular weight excluding hydrogens is 577 g/mol. The molecule has 8 nitrogen and oxygen atoms in total. The number of hydrogen-bond acceptors (Lipinski definition) is 5. The molecule has 0 aliphatic carbocycles. The third kappa shape index (κ3) is 6.70. The van der Waals surface area contributed by atoms with E-state index in [4.69, 9.17) is 22.1 Å². The molecule has 2 atom stereocenters. The summed E-state index contributed by atoms with van der Waals surface area (Å²) in [6, 6.07) is 15.9. The molecule has 0 spiro atoms. The van der Waals surface area contributed by atoms with Crippen molar-refractivity contribution in [3.05, 3.63) is 112 Å². The van der Waals surface area contributed by atoms with Crippen molar-refractivity contribution in [3.63, 3.8) is 0 Å². The quantitative estimate of drug-likeness (QED) is 0.269. The maximum atomic E-state index is 13.3. The topological polar surface area (TPSA) is 112 Å². The summed E-state index contributed by atoms with van der Waals surface area (Å²) < 4.78 is 8.52. The molecule has 0 fully saturated rings. The molecule has 1 unspecified atom stereocenters. The van der Waals surface area contributed by atoms with Gasteiger partial charge in [0.05, 0.1) is 0 Å². The average Bonchev–Trinajstić information content (AvgIpc) is 3.39.